The van der Waals surface area contributed by atoms with Gasteiger partial charge in [0.05, 0.1) is 29.5 Å². The summed E-state index contributed by atoms with van der Waals surface area (Å²) in [6, 6.07) is 5.37. The molecule has 0 spiro atoms. The number of nitrogens with zero attached hydrogens (tertiary/aromatic N) is 2. The Hall–Kier alpha value is -2.10. The highest BCUT2D eigenvalue weighted by Crippen LogP contribution is 2.15. The van der Waals surface area contributed by atoms with E-state index in [9.17, 15) is 4.79 Å². The van der Waals surface area contributed by atoms with Crippen LogP contribution < -0.4 is 0 Å². The number of benzene rings is 1. The van der Waals surface area contributed by atoms with E-state index in [-0.39, 0.29) is 5.97 Å². The number of allylic oxidation sites excluding steroid dienone is 1. The molecule has 88 valence electrons. The number of fused-ring (bicyclic) bond motifs is 1. The molecule has 0 aliphatic rings. The highest BCUT2D eigenvalue weighted by molar-refractivity contribution is 5.93. The zero-order valence-corrected chi connectivity index (χ0v) is 9.72. The highest BCUT2D eigenvalue weighted by atomic mass is 16.5. The fraction of sp³-hybridized carbons (Fsp3) is 0.231. The topological polar surface area (TPSA) is 44.1 Å². The molecule has 2 rings (SSSR count). The number of hydrogen-bond acceptors (Lipinski definition) is 3. The SMILES string of the molecule is C=CCn1cnc2cc(C(=O)OCC)ccc21. The Labute approximate surface area is 99.5 Å². The predicted octanol–water partition coefficient (Wildman–Crippen LogP) is 2.40. The van der Waals surface area contributed by atoms with Crippen LogP contribution in [0, 0.1) is 0 Å². The molecule has 0 fully saturated rings. The third-order valence-electron chi connectivity index (χ3n) is 2.46. The molecule has 4 nitrogen and oxygen atoms in total. The summed E-state index contributed by atoms with van der Waals surface area (Å²) < 4.78 is 6.91. The second-order valence-electron chi connectivity index (χ2n) is 3.61. The number of rotatable bonds is 4. The molecule has 0 atom stereocenters. The molecule has 0 aliphatic heterocycles. The van der Waals surface area contributed by atoms with Crippen molar-refractivity contribution in [3.8, 4) is 0 Å². The van der Waals surface area contributed by atoms with Gasteiger partial charge < -0.3 is 9.30 Å². The number of imidazole rings is 1. The van der Waals surface area contributed by atoms with Crippen molar-refractivity contribution >= 4 is 17.0 Å². The van der Waals surface area contributed by atoms with Gasteiger partial charge in [-0.05, 0) is 25.1 Å². The van der Waals surface area contributed by atoms with Crippen LogP contribution in [0.15, 0.2) is 37.2 Å². The normalized spacial score (nSPS) is 10.4. The van der Waals surface area contributed by atoms with Gasteiger partial charge in [-0.3, -0.25) is 0 Å². The maximum absolute atomic E-state index is 11.5. The van der Waals surface area contributed by atoms with Gasteiger partial charge in [0.25, 0.3) is 0 Å². The number of ether oxygens (including phenoxy) is 1. The lowest BCUT2D eigenvalue weighted by atomic mass is 10.2. The Bertz CT molecular complexity index is 558. The van der Waals surface area contributed by atoms with E-state index in [1.165, 1.54) is 0 Å². The van der Waals surface area contributed by atoms with Crippen LogP contribution in [0.5, 0.6) is 0 Å². The van der Waals surface area contributed by atoms with E-state index in [0.717, 1.165) is 11.0 Å². The lowest BCUT2D eigenvalue weighted by molar-refractivity contribution is 0.0526. The molecule has 1 aromatic heterocycles. The standard InChI is InChI=1S/C13H14N2O2/c1-3-7-15-9-14-11-8-10(5-6-12(11)15)13(16)17-4-2/h3,5-6,8-9H,1,4,7H2,2H3. The van der Waals surface area contributed by atoms with Crippen LogP contribution in [0.1, 0.15) is 17.3 Å². The zero-order valence-electron chi connectivity index (χ0n) is 9.72. The molecule has 1 aromatic carbocycles. The van der Waals surface area contributed by atoms with Crippen molar-refractivity contribution in [3.05, 3.63) is 42.7 Å². The van der Waals surface area contributed by atoms with E-state index >= 15 is 0 Å². The first kappa shape index (κ1) is 11.4. The van der Waals surface area contributed by atoms with Gasteiger partial charge in [0, 0.05) is 6.54 Å². The quantitative estimate of drug-likeness (QED) is 0.598. The van der Waals surface area contributed by atoms with Crippen LogP contribution in [-0.2, 0) is 11.3 Å². The Morgan fingerprint density at radius 3 is 3.12 bits per heavy atom. The predicted molar refractivity (Wildman–Crippen MR) is 65.9 cm³/mol. The van der Waals surface area contributed by atoms with Gasteiger partial charge in [0.2, 0.25) is 0 Å². The van der Waals surface area contributed by atoms with Crippen molar-refractivity contribution in [2.45, 2.75) is 13.5 Å². The Morgan fingerprint density at radius 1 is 1.59 bits per heavy atom. The van der Waals surface area contributed by atoms with E-state index in [1.807, 2.05) is 10.6 Å². The lowest BCUT2D eigenvalue weighted by Crippen LogP contribution is -2.04. The number of esters is 1. The Morgan fingerprint density at radius 2 is 2.41 bits per heavy atom. The first-order chi connectivity index (χ1) is 8.26. The van der Waals surface area contributed by atoms with Crippen LogP contribution in [0.2, 0.25) is 0 Å². The summed E-state index contributed by atoms with van der Waals surface area (Å²) in [7, 11) is 0. The molecule has 0 unspecified atom stereocenters. The fourth-order valence-corrected chi connectivity index (χ4v) is 1.69. The summed E-state index contributed by atoms with van der Waals surface area (Å²) >= 11 is 0. The molecular weight excluding hydrogens is 216 g/mol. The largest absolute Gasteiger partial charge is 0.462 e. The zero-order chi connectivity index (χ0) is 12.3. The van der Waals surface area contributed by atoms with E-state index in [2.05, 4.69) is 11.6 Å². The summed E-state index contributed by atoms with van der Waals surface area (Å²) in [4.78, 5) is 15.8. The minimum Gasteiger partial charge on any atom is -0.462 e. The van der Waals surface area contributed by atoms with E-state index in [4.69, 9.17) is 4.74 Å². The average Bonchev–Trinajstić information content (AvgIpc) is 2.73. The molecule has 0 bridgehead atoms. The second-order valence-corrected chi connectivity index (χ2v) is 3.61. The highest BCUT2D eigenvalue weighted by Gasteiger charge is 2.09. The average molecular weight is 230 g/mol. The maximum atomic E-state index is 11.5. The van der Waals surface area contributed by atoms with Crippen molar-refractivity contribution < 1.29 is 9.53 Å². The minimum atomic E-state index is -0.312. The van der Waals surface area contributed by atoms with Gasteiger partial charge in [-0.1, -0.05) is 6.08 Å². The summed E-state index contributed by atoms with van der Waals surface area (Å²) in [6.07, 6.45) is 3.54. The number of carbonyl (C=O) groups is 1. The molecule has 0 aliphatic carbocycles. The molecule has 4 heteroatoms. The van der Waals surface area contributed by atoms with Gasteiger partial charge >= 0.3 is 5.97 Å². The smallest absolute Gasteiger partial charge is 0.338 e. The van der Waals surface area contributed by atoms with Crippen LogP contribution in [0.3, 0.4) is 0 Å². The van der Waals surface area contributed by atoms with Crippen LogP contribution in [0.4, 0.5) is 0 Å². The van der Waals surface area contributed by atoms with Gasteiger partial charge in [-0.15, -0.1) is 6.58 Å². The van der Waals surface area contributed by atoms with Crippen molar-refractivity contribution in [1.82, 2.24) is 9.55 Å². The van der Waals surface area contributed by atoms with Crippen LogP contribution in [-0.4, -0.2) is 22.1 Å². The molecule has 0 radical (unpaired) electrons. The number of hydrogen-bond donors (Lipinski definition) is 0. The number of carbonyl (C=O) groups excluding carboxylic acids is 1. The Balaban J connectivity index is 2.38. The van der Waals surface area contributed by atoms with Crippen molar-refractivity contribution in [1.29, 1.82) is 0 Å². The molecule has 0 saturated carbocycles. The second kappa shape index (κ2) is 4.82. The van der Waals surface area contributed by atoms with E-state index in [0.29, 0.717) is 18.7 Å². The first-order valence-electron chi connectivity index (χ1n) is 5.49. The molecule has 0 amide bonds. The van der Waals surface area contributed by atoms with Crippen LogP contribution in [0.25, 0.3) is 11.0 Å². The molecule has 17 heavy (non-hydrogen) atoms. The summed E-state index contributed by atoms with van der Waals surface area (Å²) in [6.45, 7) is 6.56. The third-order valence-corrected chi connectivity index (χ3v) is 2.46. The lowest BCUT2D eigenvalue weighted by Gasteiger charge is -2.02. The summed E-state index contributed by atoms with van der Waals surface area (Å²) in [5.74, 6) is -0.312. The molecular formula is C13H14N2O2. The number of aromatic nitrogens is 2. The fourth-order valence-electron chi connectivity index (χ4n) is 1.69. The molecule has 2 aromatic rings. The monoisotopic (exact) mass is 230 g/mol. The molecule has 1 heterocycles. The van der Waals surface area contributed by atoms with Crippen LogP contribution >= 0.6 is 0 Å². The van der Waals surface area contributed by atoms with Crippen molar-refractivity contribution in [3.63, 3.8) is 0 Å². The van der Waals surface area contributed by atoms with E-state index in [1.54, 1.807) is 31.5 Å². The van der Waals surface area contributed by atoms with Gasteiger partial charge in [0.1, 0.15) is 0 Å². The summed E-state index contributed by atoms with van der Waals surface area (Å²) in [5.41, 5.74) is 2.30. The maximum Gasteiger partial charge on any atom is 0.338 e. The Kier molecular flexibility index (Phi) is 3.23. The minimum absolute atomic E-state index is 0.312. The van der Waals surface area contributed by atoms with Crippen molar-refractivity contribution in [2.24, 2.45) is 0 Å². The molecule has 0 saturated heterocycles. The van der Waals surface area contributed by atoms with Crippen molar-refractivity contribution in [2.75, 3.05) is 6.61 Å². The summed E-state index contributed by atoms with van der Waals surface area (Å²) in [5, 5.41) is 0. The first-order valence-corrected chi connectivity index (χ1v) is 5.49. The van der Waals surface area contributed by atoms with Gasteiger partial charge in [-0.2, -0.15) is 0 Å². The van der Waals surface area contributed by atoms with E-state index < -0.39 is 0 Å². The van der Waals surface area contributed by atoms with Gasteiger partial charge in [0.15, 0.2) is 0 Å². The van der Waals surface area contributed by atoms with Gasteiger partial charge in [-0.25, -0.2) is 9.78 Å². The third kappa shape index (κ3) is 2.20. The molecule has 0 N–H and O–H groups in total.